The lowest BCUT2D eigenvalue weighted by Gasteiger charge is -2.30. The SMILES string of the molecule is CCC(=C(C(=O)NC1CCC(OCCN(C)C)CC1)c1ccc(O)cc1)c1ccccc1. The van der Waals surface area contributed by atoms with Gasteiger partial charge in [-0.25, -0.2) is 0 Å². The number of benzene rings is 2. The Balaban J connectivity index is 1.74. The van der Waals surface area contributed by atoms with Gasteiger partial charge in [-0.05, 0) is 75.0 Å². The molecule has 5 heteroatoms. The van der Waals surface area contributed by atoms with Crippen LogP contribution in [0, 0.1) is 0 Å². The van der Waals surface area contributed by atoms with Gasteiger partial charge in [0, 0.05) is 12.6 Å². The summed E-state index contributed by atoms with van der Waals surface area (Å²) in [7, 11) is 4.10. The van der Waals surface area contributed by atoms with Gasteiger partial charge in [0.1, 0.15) is 5.75 Å². The predicted octanol–water partition coefficient (Wildman–Crippen LogP) is 4.72. The highest BCUT2D eigenvalue weighted by atomic mass is 16.5. The van der Waals surface area contributed by atoms with E-state index < -0.39 is 0 Å². The predicted molar refractivity (Wildman–Crippen MR) is 130 cm³/mol. The van der Waals surface area contributed by atoms with Crippen LogP contribution < -0.4 is 5.32 Å². The van der Waals surface area contributed by atoms with E-state index in [0.717, 1.165) is 62.0 Å². The van der Waals surface area contributed by atoms with E-state index in [0.29, 0.717) is 5.57 Å². The van der Waals surface area contributed by atoms with Crippen LogP contribution in [0.5, 0.6) is 5.75 Å². The van der Waals surface area contributed by atoms with E-state index in [4.69, 9.17) is 4.74 Å². The van der Waals surface area contributed by atoms with Gasteiger partial charge in [0.2, 0.25) is 0 Å². The van der Waals surface area contributed by atoms with Crippen LogP contribution >= 0.6 is 0 Å². The third kappa shape index (κ3) is 6.68. The van der Waals surface area contributed by atoms with Crippen LogP contribution in [-0.4, -0.2) is 55.3 Å². The maximum atomic E-state index is 13.5. The van der Waals surface area contributed by atoms with Crippen molar-refractivity contribution < 1.29 is 14.6 Å². The van der Waals surface area contributed by atoms with Crippen LogP contribution in [0.25, 0.3) is 11.1 Å². The summed E-state index contributed by atoms with van der Waals surface area (Å²) in [4.78, 5) is 15.7. The fraction of sp³-hybridized carbons (Fsp3) is 0.444. The molecule has 0 aromatic heterocycles. The van der Waals surface area contributed by atoms with E-state index >= 15 is 0 Å². The Morgan fingerprint density at radius 3 is 2.25 bits per heavy atom. The molecule has 172 valence electrons. The molecule has 1 aliphatic carbocycles. The van der Waals surface area contributed by atoms with Gasteiger partial charge in [-0.15, -0.1) is 0 Å². The number of nitrogens with zero attached hydrogens (tertiary/aromatic N) is 1. The van der Waals surface area contributed by atoms with Crippen LogP contribution in [-0.2, 0) is 9.53 Å². The van der Waals surface area contributed by atoms with E-state index in [1.54, 1.807) is 12.1 Å². The van der Waals surface area contributed by atoms with E-state index in [2.05, 4.69) is 31.2 Å². The van der Waals surface area contributed by atoms with Gasteiger partial charge in [-0.2, -0.15) is 0 Å². The summed E-state index contributed by atoms with van der Waals surface area (Å²) in [5.41, 5.74) is 3.56. The highest BCUT2D eigenvalue weighted by Crippen LogP contribution is 2.31. The lowest BCUT2D eigenvalue weighted by Crippen LogP contribution is -2.40. The van der Waals surface area contributed by atoms with Gasteiger partial charge in [-0.1, -0.05) is 49.4 Å². The Kier molecular flexibility index (Phi) is 8.89. The van der Waals surface area contributed by atoms with Gasteiger partial charge in [0.25, 0.3) is 5.91 Å². The number of hydrogen-bond acceptors (Lipinski definition) is 4. The van der Waals surface area contributed by atoms with Crippen LogP contribution in [0.3, 0.4) is 0 Å². The number of phenols is 1. The Labute approximate surface area is 192 Å². The standard InChI is InChI=1S/C27H36N2O3/c1-4-25(20-8-6-5-7-9-20)26(21-10-14-23(30)15-11-21)27(31)28-22-12-16-24(17-13-22)32-19-18-29(2)3/h5-11,14-15,22,24,30H,4,12-13,16-19H2,1-3H3,(H,28,31). The molecule has 0 heterocycles. The van der Waals surface area contributed by atoms with Gasteiger partial charge in [0.05, 0.1) is 18.3 Å². The molecule has 0 aliphatic heterocycles. The number of rotatable bonds is 9. The Hall–Kier alpha value is -2.63. The molecule has 0 atom stereocenters. The largest absolute Gasteiger partial charge is 0.508 e. The molecule has 1 fully saturated rings. The molecule has 2 N–H and O–H groups in total. The van der Waals surface area contributed by atoms with Gasteiger partial charge < -0.3 is 20.1 Å². The van der Waals surface area contributed by atoms with E-state index in [9.17, 15) is 9.90 Å². The minimum atomic E-state index is -0.0478. The Morgan fingerprint density at radius 1 is 1.00 bits per heavy atom. The van der Waals surface area contributed by atoms with Crippen LogP contribution in [0.15, 0.2) is 54.6 Å². The first-order valence-corrected chi connectivity index (χ1v) is 11.6. The number of hydrogen-bond donors (Lipinski definition) is 2. The first-order valence-electron chi connectivity index (χ1n) is 11.6. The number of phenolic OH excluding ortho intramolecular Hbond substituents is 1. The minimum absolute atomic E-state index is 0.0478. The maximum Gasteiger partial charge on any atom is 0.252 e. The zero-order valence-electron chi connectivity index (χ0n) is 19.5. The molecule has 2 aromatic rings. The van der Waals surface area contributed by atoms with Crippen molar-refractivity contribution in [1.29, 1.82) is 0 Å². The summed E-state index contributed by atoms with van der Waals surface area (Å²) >= 11 is 0. The van der Waals surface area contributed by atoms with Crippen molar-refractivity contribution in [1.82, 2.24) is 10.2 Å². The molecular weight excluding hydrogens is 400 g/mol. The third-order valence-corrected chi connectivity index (χ3v) is 6.06. The second-order valence-corrected chi connectivity index (χ2v) is 8.74. The lowest BCUT2D eigenvalue weighted by atomic mass is 9.90. The van der Waals surface area contributed by atoms with Crippen molar-refractivity contribution in [3.8, 4) is 5.75 Å². The molecule has 0 unspecified atom stereocenters. The van der Waals surface area contributed by atoms with Crippen molar-refractivity contribution in [2.45, 2.75) is 51.2 Å². The average molecular weight is 437 g/mol. The molecule has 3 rings (SSSR count). The molecule has 2 aromatic carbocycles. The van der Waals surface area contributed by atoms with Crippen LogP contribution in [0.2, 0.25) is 0 Å². The normalized spacial score (nSPS) is 19.5. The fourth-order valence-electron chi connectivity index (χ4n) is 4.27. The summed E-state index contributed by atoms with van der Waals surface area (Å²) in [6.07, 6.45) is 4.80. The van der Waals surface area contributed by atoms with E-state index in [1.165, 1.54) is 0 Å². The quantitative estimate of drug-likeness (QED) is 0.441. The summed E-state index contributed by atoms with van der Waals surface area (Å²) in [6, 6.07) is 17.1. The third-order valence-electron chi connectivity index (χ3n) is 6.06. The van der Waals surface area contributed by atoms with Gasteiger partial charge in [-0.3, -0.25) is 4.79 Å². The molecule has 32 heavy (non-hydrogen) atoms. The highest BCUT2D eigenvalue weighted by Gasteiger charge is 2.25. The number of nitrogens with one attached hydrogen (secondary N) is 1. The average Bonchev–Trinajstić information content (AvgIpc) is 2.79. The second-order valence-electron chi connectivity index (χ2n) is 8.74. The smallest absolute Gasteiger partial charge is 0.252 e. The van der Waals surface area contributed by atoms with Crippen molar-refractivity contribution in [2.75, 3.05) is 27.2 Å². The van der Waals surface area contributed by atoms with Gasteiger partial charge >= 0.3 is 0 Å². The topological polar surface area (TPSA) is 61.8 Å². The van der Waals surface area contributed by atoms with Crippen molar-refractivity contribution >= 4 is 17.1 Å². The van der Waals surface area contributed by atoms with Crippen molar-refractivity contribution in [3.63, 3.8) is 0 Å². The number of ether oxygens (including phenoxy) is 1. The second kappa shape index (κ2) is 11.8. The molecule has 1 aliphatic rings. The molecule has 1 amide bonds. The van der Waals surface area contributed by atoms with Crippen molar-refractivity contribution in [2.24, 2.45) is 0 Å². The van der Waals surface area contributed by atoms with Crippen LogP contribution in [0.4, 0.5) is 0 Å². The number of carbonyl (C=O) groups excluding carboxylic acids is 1. The maximum absolute atomic E-state index is 13.5. The first-order chi connectivity index (χ1) is 15.5. The van der Waals surface area contributed by atoms with E-state index in [1.807, 2.05) is 42.5 Å². The number of likely N-dealkylation sites (N-methyl/N-ethyl adjacent to an activating group) is 1. The molecule has 5 nitrogen and oxygen atoms in total. The molecule has 1 saturated carbocycles. The summed E-state index contributed by atoms with van der Waals surface area (Å²) in [6.45, 7) is 3.75. The number of allylic oxidation sites excluding steroid dienone is 1. The molecule has 0 bridgehead atoms. The molecule has 0 saturated heterocycles. The molecular formula is C27H36N2O3. The van der Waals surface area contributed by atoms with Crippen LogP contribution in [0.1, 0.15) is 50.2 Å². The fourth-order valence-corrected chi connectivity index (χ4v) is 4.27. The lowest BCUT2D eigenvalue weighted by molar-refractivity contribution is -0.116. The van der Waals surface area contributed by atoms with E-state index in [-0.39, 0.29) is 23.8 Å². The number of amides is 1. The highest BCUT2D eigenvalue weighted by molar-refractivity contribution is 6.27. The number of aromatic hydroxyl groups is 1. The summed E-state index contributed by atoms with van der Waals surface area (Å²) in [5, 5.41) is 13.0. The Bertz CT molecular complexity index is 883. The minimum Gasteiger partial charge on any atom is -0.508 e. The Morgan fingerprint density at radius 2 is 1.66 bits per heavy atom. The van der Waals surface area contributed by atoms with Crippen molar-refractivity contribution in [3.05, 3.63) is 65.7 Å². The summed E-state index contributed by atoms with van der Waals surface area (Å²) < 4.78 is 6.00. The number of carbonyl (C=O) groups is 1. The molecule has 0 radical (unpaired) electrons. The molecule has 0 spiro atoms. The monoisotopic (exact) mass is 436 g/mol. The van der Waals surface area contributed by atoms with Gasteiger partial charge in [0.15, 0.2) is 0 Å². The zero-order valence-corrected chi connectivity index (χ0v) is 19.5. The first kappa shape index (κ1) is 24.0. The summed E-state index contributed by atoms with van der Waals surface area (Å²) in [5.74, 6) is 0.146. The zero-order chi connectivity index (χ0) is 22.9.